The van der Waals surface area contributed by atoms with Gasteiger partial charge >= 0.3 is 0 Å². The van der Waals surface area contributed by atoms with Gasteiger partial charge in [-0.15, -0.1) is 0 Å². The molecule has 0 spiro atoms. The Hall–Kier alpha value is -2.86. The van der Waals surface area contributed by atoms with E-state index >= 15 is 0 Å². The van der Waals surface area contributed by atoms with Crippen molar-refractivity contribution in [1.29, 1.82) is 0 Å². The van der Waals surface area contributed by atoms with Crippen molar-refractivity contribution < 1.29 is 14.4 Å². The summed E-state index contributed by atoms with van der Waals surface area (Å²) in [5.74, 6) is -0.226. The summed E-state index contributed by atoms with van der Waals surface area (Å²) >= 11 is 5.91. The van der Waals surface area contributed by atoms with Crippen molar-refractivity contribution in [3.05, 3.63) is 58.6 Å². The minimum absolute atomic E-state index is 0.0225. The number of amides is 2. The summed E-state index contributed by atoms with van der Waals surface area (Å²) < 4.78 is 0. The van der Waals surface area contributed by atoms with E-state index in [-0.39, 0.29) is 17.9 Å². The molecule has 2 heterocycles. The summed E-state index contributed by atoms with van der Waals surface area (Å²) in [6.07, 6.45) is 0.488. The molecule has 0 saturated heterocycles. The number of carbonyl (C=O) groups excluding carboxylic acids is 2. The minimum atomic E-state index is -0.674. The van der Waals surface area contributed by atoms with Gasteiger partial charge in [0.1, 0.15) is 0 Å². The molecule has 0 aliphatic carbocycles. The number of halogens is 1. The highest BCUT2D eigenvalue weighted by Gasteiger charge is 2.31. The van der Waals surface area contributed by atoms with E-state index in [1.165, 1.54) is 0 Å². The van der Waals surface area contributed by atoms with Gasteiger partial charge in [0.15, 0.2) is 0 Å². The second-order valence-corrected chi connectivity index (χ2v) is 7.55. The van der Waals surface area contributed by atoms with Crippen molar-refractivity contribution in [3.63, 3.8) is 0 Å². The summed E-state index contributed by atoms with van der Waals surface area (Å²) in [6, 6.07) is 13.0. The maximum absolute atomic E-state index is 12.6. The topological polar surface area (TPSA) is 71.0 Å². The molecule has 4 rings (SSSR count). The van der Waals surface area contributed by atoms with E-state index in [0.29, 0.717) is 17.1 Å². The smallest absolute Gasteiger partial charge is 0.268 e. The molecule has 1 N–H and O–H groups in total. The van der Waals surface area contributed by atoms with Crippen LogP contribution in [0.1, 0.15) is 31.4 Å². The number of rotatable bonds is 3. The van der Waals surface area contributed by atoms with Crippen LogP contribution in [0.15, 0.2) is 47.6 Å². The third-order valence-corrected chi connectivity index (χ3v) is 5.29. The van der Waals surface area contributed by atoms with Crippen LogP contribution < -0.4 is 10.2 Å². The molecule has 144 valence electrons. The van der Waals surface area contributed by atoms with Crippen molar-refractivity contribution in [1.82, 2.24) is 0 Å². The fourth-order valence-electron chi connectivity index (χ4n) is 3.74. The van der Waals surface area contributed by atoms with Crippen molar-refractivity contribution in [2.24, 2.45) is 5.16 Å². The number of carbonyl (C=O) groups is 2. The minimum Gasteiger partial charge on any atom is -0.382 e. The van der Waals surface area contributed by atoms with Crippen LogP contribution in [0.4, 0.5) is 11.4 Å². The first-order valence-electron chi connectivity index (χ1n) is 9.14. The van der Waals surface area contributed by atoms with Crippen LogP contribution in [-0.2, 0) is 20.8 Å². The second-order valence-electron chi connectivity index (χ2n) is 7.12. The fourth-order valence-corrected chi connectivity index (χ4v) is 3.87. The van der Waals surface area contributed by atoms with Crippen LogP contribution in [0.2, 0.25) is 5.02 Å². The first kappa shape index (κ1) is 18.5. The number of hydrogen-bond acceptors (Lipinski definition) is 4. The molecule has 0 bridgehead atoms. The highest BCUT2D eigenvalue weighted by Crippen LogP contribution is 2.34. The Morgan fingerprint density at radius 2 is 1.93 bits per heavy atom. The SMILES string of the molecule is CC(=O)N1c2ccc(NC(=O)C3CC(c4ccc(Cl)cc4)=NO3)cc2CC1C. The molecule has 7 heteroatoms. The molecule has 2 amide bonds. The first-order chi connectivity index (χ1) is 13.4. The number of nitrogens with zero attached hydrogens (tertiary/aromatic N) is 2. The molecule has 0 fully saturated rings. The number of oxime groups is 1. The number of nitrogens with one attached hydrogen (secondary N) is 1. The lowest BCUT2D eigenvalue weighted by molar-refractivity contribution is -0.125. The van der Waals surface area contributed by atoms with E-state index in [0.717, 1.165) is 28.9 Å². The van der Waals surface area contributed by atoms with Gasteiger partial charge in [0, 0.05) is 35.8 Å². The summed E-state index contributed by atoms with van der Waals surface area (Å²) in [5.41, 5.74) is 4.24. The van der Waals surface area contributed by atoms with Gasteiger partial charge in [0.2, 0.25) is 12.0 Å². The van der Waals surface area contributed by atoms with Gasteiger partial charge in [-0.1, -0.05) is 28.9 Å². The predicted octanol–water partition coefficient (Wildman–Crippen LogP) is 3.77. The number of anilines is 2. The molecule has 0 aromatic heterocycles. The molecule has 2 atom stereocenters. The Balaban J connectivity index is 1.42. The van der Waals surface area contributed by atoms with Crippen LogP contribution in [-0.4, -0.2) is 29.7 Å². The molecule has 6 nitrogen and oxygen atoms in total. The normalized spacial score (nSPS) is 20.4. The molecular weight excluding hydrogens is 378 g/mol. The average Bonchev–Trinajstić information content (AvgIpc) is 3.26. The quantitative estimate of drug-likeness (QED) is 0.856. The highest BCUT2D eigenvalue weighted by molar-refractivity contribution is 6.30. The molecule has 0 saturated carbocycles. The first-order valence-corrected chi connectivity index (χ1v) is 9.52. The van der Waals surface area contributed by atoms with Gasteiger partial charge in [-0.3, -0.25) is 9.59 Å². The lowest BCUT2D eigenvalue weighted by Gasteiger charge is -2.20. The Morgan fingerprint density at radius 1 is 1.18 bits per heavy atom. The maximum Gasteiger partial charge on any atom is 0.268 e. The van der Waals surface area contributed by atoms with Gasteiger partial charge in [-0.05, 0) is 54.8 Å². The zero-order valence-electron chi connectivity index (χ0n) is 15.6. The lowest BCUT2D eigenvalue weighted by Crippen LogP contribution is -2.33. The molecule has 2 aliphatic heterocycles. The van der Waals surface area contributed by atoms with E-state index < -0.39 is 6.10 Å². The van der Waals surface area contributed by atoms with Crippen LogP contribution in [0.5, 0.6) is 0 Å². The van der Waals surface area contributed by atoms with E-state index in [2.05, 4.69) is 10.5 Å². The number of benzene rings is 2. The lowest BCUT2D eigenvalue weighted by atomic mass is 10.0. The van der Waals surface area contributed by atoms with Gasteiger partial charge in [-0.25, -0.2) is 0 Å². The third-order valence-electron chi connectivity index (χ3n) is 5.04. The fraction of sp³-hybridized carbons (Fsp3) is 0.286. The zero-order chi connectivity index (χ0) is 19.8. The molecule has 28 heavy (non-hydrogen) atoms. The molecule has 2 aromatic rings. The summed E-state index contributed by atoms with van der Waals surface area (Å²) in [7, 11) is 0. The molecule has 2 unspecified atom stereocenters. The Labute approximate surface area is 168 Å². The van der Waals surface area contributed by atoms with Crippen LogP contribution in [0, 0.1) is 0 Å². The van der Waals surface area contributed by atoms with E-state index in [9.17, 15) is 9.59 Å². The van der Waals surface area contributed by atoms with E-state index in [4.69, 9.17) is 16.4 Å². The van der Waals surface area contributed by atoms with Crippen LogP contribution in [0.25, 0.3) is 0 Å². The standard InChI is InChI=1S/C21H20ClN3O3/c1-12-9-15-10-17(7-8-19(15)25(12)13(2)26)23-21(27)20-11-18(24-28-20)14-3-5-16(22)6-4-14/h3-8,10,12,20H,9,11H2,1-2H3,(H,23,27). The van der Waals surface area contributed by atoms with Crippen molar-refractivity contribution in [2.45, 2.75) is 38.8 Å². The summed E-state index contributed by atoms with van der Waals surface area (Å²) in [6.45, 7) is 3.58. The largest absolute Gasteiger partial charge is 0.382 e. The Bertz CT molecular complexity index is 971. The van der Waals surface area contributed by atoms with Gasteiger partial charge in [-0.2, -0.15) is 0 Å². The van der Waals surface area contributed by atoms with Crippen molar-refractivity contribution in [2.75, 3.05) is 10.2 Å². The monoisotopic (exact) mass is 397 g/mol. The number of hydrogen-bond donors (Lipinski definition) is 1. The third kappa shape index (κ3) is 3.47. The van der Waals surface area contributed by atoms with Gasteiger partial charge < -0.3 is 15.1 Å². The molecule has 0 radical (unpaired) electrons. The van der Waals surface area contributed by atoms with E-state index in [1.807, 2.05) is 31.2 Å². The Kier molecular flexibility index (Phi) is 4.81. The van der Waals surface area contributed by atoms with E-state index in [1.54, 1.807) is 30.0 Å². The molecule has 2 aromatic carbocycles. The molecular formula is C21H20ClN3O3. The Morgan fingerprint density at radius 3 is 2.64 bits per heavy atom. The predicted molar refractivity (Wildman–Crippen MR) is 109 cm³/mol. The van der Waals surface area contributed by atoms with Crippen molar-refractivity contribution in [3.8, 4) is 0 Å². The van der Waals surface area contributed by atoms with Gasteiger partial charge in [0.05, 0.1) is 5.71 Å². The highest BCUT2D eigenvalue weighted by atomic mass is 35.5. The second kappa shape index (κ2) is 7.28. The van der Waals surface area contributed by atoms with Crippen LogP contribution >= 0.6 is 11.6 Å². The van der Waals surface area contributed by atoms with Crippen molar-refractivity contribution >= 4 is 40.5 Å². The molecule has 2 aliphatic rings. The summed E-state index contributed by atoms with van der Waals surface area (Å²) in [4.78, 5) is 31.5. The average molecular weight is 398 g/mol. The van der Waals surface area contributed by atoms with Gasteiger partial charge in [0.25, 0.3) is 5.91 Å². The van der Waals surface area contributed by atoms with Crippen LogP contribution in [0.3, 0.4) is 0 Å². The zero-order valence-corrected chi connectivity index (χ0v) is 16.4. The maximum atomic E-state index is 12.6. The number of fused-ring (bicyclic) bond motifs is 1. The summed E-state index contributed by atoms with van der Waals surface area (Å²) in [5, 5.41) is 7.58.